The molecule has 1 aromatic rings. The van der Waals surface area contributed by atoms with Crippen LogP contribution in [0.3, 0.4) is 0 Å². The highest BCUT2D eigenvalue weighted by atomic mass is 16.5. The summed E-state index contributed by atoms with van der Waals surface area (Å²) in [6.45, 7) is 6.26. The number of rotatable bonds is 5. The van der Waals surface area contributed by atoms with Gasteiger partial charge in [0.05, 0.1) is 0 Å². The monoisotopic (exact) mass is 263 g/mol. The summed E-state index contributed by atoms with van der Waals surface area (Å²) in [5.41, 5.74) is 1.25. The van der Waals surface area contributed by atoms with E-state index in [1.54, 1.807) is 12.1 Å². The molecule has 2 atom stereocenters. The minimum atomic E-state index is 0.330. The fraction of sp³-hybridized carbons (Fsp3) is 0.625. The highest BCUT2D eigenvalue weighted by Crippen LogP contribution is 2.24. The Bertz CT molecular complexity index is 371. The van der Waals surface area contributed by atoms with Crippen LogP contribution in [0.5, 0.6) is 5.75 Å². The summed E-state index contributed by atoms with van der Waals surface area (Å²) in [4.78, 5) is 0. The first-order valence-electron chi connectivity index (χ1n) is 7.33. The van der Waals surface area contributed by atoms with Crippen LogP contribution in [-0.4, -0.2) is 24.4 Å². The molecule has 0 aromatic heterocycles. The van der Waals surface area contributed by atoms with E-state index in [9.17, 15) is 5.11 Å². The van der Waals surface area contributed by atoms with Gasteiger partial charge in [0.25, 0.3) is 0 Å². The van der Waals surface area contributed by atoms with Crippen molar-refractivity contribution < 1.29 is 9.84 Å². The molecule has 1 aliphatic heterocycles. The van der Waals surface area contributed by atoms with E-state index in [1.807, 2.05) is 12.1 Å². The molecule has 0 bridgehead atoms. The number of benzene rings is 1. The quantitative estimate of drug-likeness (QED) is 0.857. The van der Waals surface area contributed by atoms with Crippen molar-refractivity contribution in [3.05, 3.63) is 29.8 Å². The van der Waals surface area contributed by atoms with E-state index in [4.69, 9.17) is 4.74 Å². The Labute approximate surface area is 116 Å². The first kappa shape index (κ1) is 14.4. The Morgan fingerprint density at radius 2 is 1.89 bits per heavy atom. The van der Waals surface area contributed by atoms with Crippen molar-refractivity contribution in [2.75, 3.05) is 13.2 Å². The molecule has 19 heavy (non-hydrogen) atoms. The van der Waals surface area contributed by atoms with Crippen LogP contribution in [0.2, 0.25) is 0 Å². The van der Waals surface area contributed by atoms with Gasteiger partial charge in [-0.1, -0.05) is 19.1 Å². The fourth-order valence-corrected chi connectivity index (χ4v) is 2.83. The van der Waals surface area contributed by atoms with Crippen LogP contribution in [0.4, 0.5) is 0 Å². The minimum absolute atomic E-state index is 0.330. The van der Waals surface area contributed by atoms with E-state index < -0.39 is 0 Å². The first-order chi connectivity index (χ1) is 9.20. The molecule has 1 aromatic carbocycles. The maximum atomic E-state index is 9.36. The average Bonchev–Trinajstić information content (AvgIpc) is 2.46. The molecule has 106 valence electrons. The maximum Gasteiger partial charge on any atom is 0.115 e. The molecule has 1 fully saturated rings. The van der Waals surface area contributed by atoms with Crippen LogP contribution in [-0.2, 0) is 4.74 Å². The standard InChI is InChI=1S/C16H25NO2/c1-3-16(14-4-6-15(18)7-5-14)17-12(2)13-8-10-19-11-9-13/h4-7,12-13,16-18H,3,8-11H2,1-2H3. The maximum absolute atomic E-state index is 9.36. The van der Waals surface area contributed by atoms with Crippen LogP contribution in [0.1, 0.15) is 44.7 Å². The number of ether oxygens (including phenoxy) is 1. The number of hydrogen-bond acceptors (Lipinski definition) is 3. The van der Waals surface area contributed by atoms with Gasteiger partial charge in [-0.15, -0.1) is 0 Å². The zero-order chi connectivity index (χ0) is 13.7. The second-order valence-electron chi connectivity index (χ2n) is 5.46. The smallest absolute Gasteiger partial charge is 0.115 e. The van der Waals surface area contributed by atoms with Crippen LogP contribution < -0.4 is 5.32 Å². The molecular weight excluding hydrogens is 238 g/mol. The van der Waals surface area contributed by atoms with E-state index in [2.05, 4.69) is 19.2 Å². The van der Waals surface area contributed by atoms with Crippen molar-refractivity contribution in [1.82, 2.24) is 5.32 Å². The lowest BCUT2D eigenvalue weighted by Gasteiger charge is -2.31. The molecule has 3 heteroatoms. The third kappa shape index (κ3) is 3.95. The molecule has 1 heterocycles. The molecule has 1 aliphatic rings. The molecule has 0 spiro atoms. The molecule has 2 N–H and O–H groups in total. The van der Waals surface area contributed by atoms with Crippen LogP contribution in [0.25, 0.3) is 0 Å². The van der Waals surface area contributed by atoms with Crippen molar-refractivity contribution in [2.45, 2.75) is 45.2 Å². The molecule has 0 aliphatic carbocycles. The van der Waals surface area contributed by atoms with E-state index in [0.717, 1.165) is 32.5 Å². The highest BCUT2D eigenvalue weighted by Gasteiger charge is 2.22. The SMILES string of the molecule is CCC(NC(C)C1CCOCC1)c1ccc(O)cc1. The largest absolute Gasteiger partial charge is 0.508 e. The number of phenolic OH excluding ortho intramolecular Hbond substituents is 1. The van der Waals surface area contributed by atoms with Gasteiger partial charge in [-0.05, 0) is 49.8 Å². The normalized spacial score (nSPS) is 20.1. The van der Waals surface area contributed by atoms with E-state index in [-0.39, 0.29) is 0 Å². The summed E-state index contributed by atoms with van der Waals surface area (Å²) in [6.07, 6.45) is 3.36. The molecule has 0 saturated carbocycles. The third-order valence-electron chi connectivity index (χ3n) is 4.14. The van der Waals surface area contributed by atoms with Gasteiger partial charge in [0, 0.05) is 25.3 Å². The summed E-state index contributed by atoms with van der Waals surface area (Å²) in [5.74, 6) is 1.04. The van der Waals surface area contributed by atoms with Crippen LogP contribution >= 0.6 is 0 Å². The van der Waals surface area contributed by atoms with Crippen LogP contribution in [0, 0.1) is 5.92 Å². The molecular formula is C16H25NO2. The molecule has 3 nitrogen and oxygen atoms in total. The fourth-order valence-electron chi connectivity index (χ4n) is 2.83. The number of phenols is 1. The van der Waals surface area contributed by atoms with E-state index in [0.29, 0.717) is 23.8 Å². The second kappa shape index (κ2) is 6.92. The van der Waals surface area contributed by atoms with Crippen LogP contribution in [0.15, 0.2) is 24.3 Å². The summed E-state index contributed by atoms with van der Waals surface area (Å²) < 4.78 is 5.42. The van der Waals surface area contributed by atoms with Crippen molar-refractivity contribution >= 4 is 0 Å². The minimum Gasteiger partial charge on any atom is -0.508 e. The van der Waals surface area contributed by atoms with Gasteiger partial charge in [-0.2, -0.15) is 0 Å². The molecule has 0 radical (unpaired) electrons. The molecule has 2 rings (SSSR count). The Hall–Kier alpha value is -1.06. The van der Waals surface area contributed by atoms with Crippen molar-refractivity contribution in [2.24, 2.45) is 5.92 Å². The lowest BCUT2D eigenvalue weighted by Crippen LogP contribution is -2.38. The number of aromatic hydroxyl groups is 1. The zero-order valence-corrected chi connectivity index (χ0v) is 11.9. The molecule has 2 unspecified atom stereocenters. The zero-order valence-electron chi connectivity index (χ0n) is 11.9. The summed E-state index contributed by atoms with van der Waals surface area (Å²) in [7, 11) is 0. The van der Waals surface area contributed by atoms with Gasteiger partial charge in [0.15, 0.2) is 0 Å². The lowest BCUT2D eigenvalue weighted by atomic mass is 9.91. The van der Waals surface area contributed by atoms with Gasteiger partial charge < -0.3 is 15.2 Å². The molecule has 1 saturated heterocycles. The summed E-state index contributed by atoms with van der Waals surface area (Å²) in [6, 6.07) is 8.40. The van der Waals surface area contributed by atoms with Crippen molar-refractivity contribution in [3.8, 4) is 5.75 Å². The van der Waals surface area contributed by atoms with Gasteiger partial charge >= 0.3 is 0 Å². The average molecular weight is 263 g/mol. The van der Waals surface area contributed by atoms with Gasteiger partial charge in [0.2, 0.25) is 0 Å². The molecule has 0 amide bonds. The number of hydrogen-bond donors (Lipinski definition) is 2. The number of nitrogens with one attached hydrogen (secondary N) is 1. The van der Waals surface area contributed by atoms with Crippen molar-refractivity contribution in [1.29, 1.82) is 0 Å². The first-order valence-corrected chi connectivity index (χ1v) is 7.33. The topological polar surface area (TPSA) is 41.5 Å². The van der Waals surface area contributed by atoms with E-state index in [1.165, 1.54) is 5.56 Å². The van der Waals surface area contributed by atoms with Gasteiger partial charge in [-0.25, -0.2) is 0 Å². The highest BCUT2D eigenvalue weighted by molar-refractivity contribution is 5.28. The second-order valence-corrected chi connectivity index (χ2v) is 5.46. The Morgan fingerprint density at radius 1 is 1.26 bits per heavy atom. The third-order valence-corrected chi connectivity index (χ3v) is 4.14. The van der Waals surface area contributed by atoms with E-state index >= 15 is 0 Å². The summed E-state index contributed by atoms with van der Waals surface area (Å²) in [5, 5.41) is 13.1. The predicted molar refractivity (Wildman–Crippen MR) is 77.3 cm³/mol. The predicted octanol–water partition coefficient (Wildman–Crippen LogP) is 3.25. The Balaban J connectivity index is 1.96. The van der Waals surface area contributed by atoms with Crippen molar-refractivity contribution in [3.63, 3.8) is 0 Å². The summed E-state index contributed by atoms with van der Waals surface area (Å²) >= 11 is 0. The van der Waals surface area contributed by atoms with Gasteiger partial charge in [-0.3, -0.25) is 0 Å². The Morgan fingerprint density at radius 3 is 2.47 bits per heavy atom. The van der Waals surface area contributed by atoms with Gasteiger partial charge in [0.1, 0.15) is 5.75 Å². The Kier molecular flexibility index (Phi) is 5.23. The lowest BCUT2D eigenvalue weighted by molar-refractivity contribution is 0.0543.